The maximum absolute atomic E-state index is 13.5. The molecule has 4 fully saturated rings. The lowest BCUT2D eigenvalue weighted by Gasteiger charge is -2.55. The fourth-order valence-corrected chi connectivity index (χ4v) is 7.66. The van der Waals surface area contributed by atoms with Crippen LogP contribution in [-0.4, -0.2) is 67.0 Å². The van der Waals surface area contributed by atoms with Gasteiger partial charge in [-0.2, -0.15) is 0 Å². The quantitative estimate of drug-likeness (QED) is 0.614. The Morgan fingerprint density at radius 2 is 2.00 bits per heavy atom. The second-order valence-corrected chi connectivity index (χ2v) is 11.9. The van der Waals surface area contributed by atoms with Crippen molar-refractivity contribution in [3.8, 4) is 0 Å². The number of hydrogen-bond donors (Lipinski definition) is 3. The Hall–Kier alpha value is -1.92. The number of urea groups is 1. The molecular formula is C19H27N5O5S2. The van der Waals surface area contributed by atoms with Gasteiger partial charge in [-0.3, -0.25) is 9.52 Å². The van der Waals surface area contributed by atoms with E-state index in [9.17, 15) is 18.0 Å². The number of nitrogens with zero attached hydrogens (tertiary/aromatic N) is 2. The zero-order chi connectivity index (χ0) is 22.0. The highest BCUT2D eigenvalue weighted by molar-refractivity contribution is 7.92. The van der Waals surface area contributed by atoms with Crippen LogP contribution in [0.3, 0.4) is 0 Å². The summed E-state index contributed by atoms with van der Waals surface area (Å²) in [4.78, 5) is 32.5. The minimum atomic E-state index is -3.46. The number of carbonyl (C=O) groups is 2. The SMILES string of the molecule is Cc1nc(NS(C)(=O)=O)sc1C(=O)N1C2CCC1CC1(C2)NC(=O)N[C@H]2OCCC[C@H]21. The number of sulfonamides is 1. The lowest BCUT2D eigenvalue weighted by molar-refractivity contribution is -0.0992. The Morgan fingerprint density at radius 1 is 1.29 bits per heavy atom. The first-order valence-corrected chi connectivity index (χ1v) is 13.3. The Labute approximate surface area is 185 Å². The van der Waals surface area contributed by atoms with Crippen LogP contribution in [0.5, 0.6) is 0 Å². The molecule has 12 heteroatoms. The maximum atomic E-state index is 13.5. The predicted octanol–water partition coefficient (Wildman–Crippen LogP) is 1.39. The lowest BCUT2D eigenvalue weighted by atomic mass is 9.69. The first-order chi connectivity index (χ1) is 14.7. The summed E-state index contributed by atoms with van der Waals surface area (Å²) in [5.41, 5.74) is 0.165. The van der Waals surface area contributed by atoms with Gasteiger partial charge in [-0.25, -0.2) is 18.2 Å². The molecule has 170 valence electrons. The van der Waals surface area contributed by atoms with E-state index in [2.05, 4.69) is 20.3 Å². The van der Waals surface area contributed by atoms with Crippen LogP contribution in [0.15, 0.2) is 0 Å². The maximum Gasteiger partial charge on any atom is 0.317 e. The fourth-order valence-electron chi connectivity index (χ4n) is 5.91. The molecule has 5 heterocycles. The third-order valence-electron chi connectivity index (χ3n) is 6.99. The Balaban J connectivity index is 1.39. The van der Waals surface area contributed by atoms with E-state index in [1.807, 2.05) is 4.90 Å². The van der Waals surface area contributed by atoms with Gasteiger partial charge in [-0.1, -0.05) is 11.3 Å². The summed E-state index contributed by atoms with van der Waals surface area (Å²) in [7, 11) is -3.46. The van der Waals surface area contributed by atoms with Crippen molar-refractivity contribution < 1.29 is 22.7 Å². The third kappa shape index (κ3) is 3.68. The molecule has 0 aromatic carbocycles. The fraction of sp³-hybridized carbons (Fsp3) is 0.737. The summed E-state index contributed by atoms with van der Waals surface area (Å²) in [5.74, 6) is 0.0885. The molecule has 31 heavy (non-hydrogen) atoms. The van der Waals surface area contributed by atoms with Crippen LogP contribution < -0.4 is 15.4 Å². The molecule has 4 aliphatic heterocycles. The van der Waals surface area contributed by atoms with Crippen LogP contribution >= 0.6 is 11.3 Å². The van der Waals surface area contributed by atoms with Crippen LogP contribution in [0.2, 0.25) is 0 Å². The number of hydrogen-bond acceptors (Lipinski definition) is 7. The van der Waals surface area contributed by atoms with Crippen molar-refractivity contribution in [3.05, 3.63) is 10.6 Å². The number of amides is 3. The van der Waals surface area contributed by atoms with Crippen LogP contribution in [0.4, 0.5) is 9.93 Å². The molecule has 1 aromatic rings. The molecule has 2 unspecified atom stereocenters. The molecule has 3 amide bonds. The molecule has 3 N–H and O–H groups in total. The first-order valence-electron chi connectivity index (χ1n) is 10.6. The summed E-state index contributed by atoms with van der Waals surface area (Å²) in [6.45, 7) is 2.38. The lowest BCUT2D eigenvalue weighted by Crippen LogP contribution is -2.73. The van der Waals surface area contributed by atoms with Crippen molar-refractivity contribution in [3.63, 3.8) is 0 Å². The summed E-state index contributed by atoms with van der Waals surface area (Å²) in [5, 5.41) is 6.34. The largest absolute Gasteiger partial charge is 0.358 e. The van der Waals surface area contributed by atoms with Gasteiger partial charge in [0.05, 0.1) is 17.5 Å². The molecule has 0 aliphatic carbocycles. The number of fused-ring (bicyclic) bond motifs is 4. The Morgan fingerprint density at radius 3 is 2.68 bits per heavy atom. The molecule has 0 radical (unpaired) electrons. The molecule has 4 atom stereocenters. The summed E-state index contributed by atoms with van der Waals surface area (Å²) in [6.07, 6.45) is 5.95. The standard InChI is InChI=1S/C19H27N5O5S2/c1-10-14(30-18(20-10)23-31(2,27)28)16(25)24-11-5-6-12(24)9-19(8-11)13-4-3-7-29-15(13)21-17(26)22-19/h11-13,15H,3-9H2,1-2H3,(H,20,23)(H2,21,22,26)/t11?,12?,13-,15+,19?/m1/s1. The Kier molecular flexibility index (Phi) is 4.94. The number of nitrogens with one attached hydrogen (secondary N) is 3. The smallest absolute Gasteiger partial charge is 0.317 e. The van der Waals surface area contributed by atoms with E-state index >= 15 is 0 Å². The van der Waals surface area contributed by atoms with Gasteiger partial charge in [-0.05, 0) is 45.4 Å². The van der Waals surface area contributed by atoms with Gasteiger partial charge in [0.15, 0.2) is 5.13 Å². The van der Waals surface area contributed by atoms with E-state index in [4.69, 9.17) is 4.74 Å². The van der Waals surface area contributed by atoms with Crippen molar-refractivity contribution in [1.82, 2.24) is 20.5 Å². The predicted molar refractivity (Wildman–Crippen MR) is 114 cm³/mol. The number of piperidine rings is 1. The van der Waals surface area contributed by atoms with Crippen molar-refractivity contribution in [2.24, 2.45) is 5.92 Å². The molecule has 0 saturated carbocycles. The van der Waals surface area contributed by atoms with Crippen molar-refractivity contribution in [2.75, 3.05) is 17.6 Å². The molecule has 1 spiro atoms. The van der Waals surface area contributed by atoms with Crippen molar-refractivity contribution in [2.45, 2.75) is 69.3 Å². The number of aryl methyl sites for hydroxylation is 1. The van der Waals surface area contributed by atoms with E-state index in [0.717, 1.165) is 43.3 Å². The average Bonchev–Trinajstić information content (AvgIpc) is 3.17. The van der Waals surface area contributed by atoms with Gasteiger partial charge in [0.1, 0.15) is 11.1 Å². The molecule has 1 aromatic heterocycles. The number of rotatable bonds is 3. The average molecular weight is 470 g/mol. The van der Waals surface area contributed by atoms with E-state index in [0.29, 0.717) is 30.0 Å². The highest BCUT2D eigenvalue weighted by Gasteiger charge is 2.58. The molecular weight excluding hydrogens is 442 g/mol. The second kappa shape index (κ2) is 7.31. The van der Waals surface area contributed by atoms with E-state index < -0.39 is 10.0 Å². The highest BCUT2D eigenvalue weighted by atomic mass is 32.2. The van der Waals surface area contributed by atoms with Crippen LogP contribution in [-0.2, 0) is 14.8 Å². The number of carbonyl (C=O) groups excluding carboxylic acids is 2. The van der Waals surface area contributed by atoms with Gasteiger partial charge in [-0.15, -0.1) is 0 Å². The molecule has 2 bridgehead atoms. The third-order valence-corrected chi connectivity index (χ3v) is 8.74. The van der Waals surface area contributed by atoms with E-state index in [-0.39, 0.29) is 46.8 Å². The van der Waals surface area contributed by atoms with Gasteiger partial charge in [0.2, 0.25) is 10.0 Å². The first kappa shape index (κ1) is 21.0. The number of thiazole rings is 1. The second-order valence-electron chi connectivity index (χ2n) is 9.11. The van der Waals surface area contributed by atoms with Crippen LogP contribution in [0, 0.1) is 12.8 Å². The zero-order valence-corrected chi connectivity index (χ0v) is 19.1. The van der Waals surface area contributed by atoms with Gasteiger partial charge in [0.25, 0.3) is 5.91 Å². The minimum Gasteiger partial charge on any atom is -0.358 e. The van der Waals surface area contributed by atoms with Crippen LogP contribution in [0.25, 0.3) is 0 Å². The summed E-state index contributed by atoms with van der Waals surface area (Å²) in [6, 6.07) is -0.141. The topological polar surface area (TPSA) is 130 Å². The van der Waals surface area contributed by atoms with E-state index in [1.165, 1.54) is 0 Å². The summed E-state index contributed by atoms with van der Waals surface area (Å²) < 4.78 is 31.3. The minimum absolute atomic E-state index is 0.0278. The Bertz CT molecular complexity index is 1010. The monoisotopic (exact) mass is 469 g/mol. The number of aromatic nitrogens is 1. The van der Waals surface area contributed by atoms with Gasteiger partial charge in [0, 0.05) is 24.6 Å². The molecule has 5 rings (SSSR count). The van der Waals surface area contributed by atoms with E-state index in [1.54, 1.807) is 6.92 Å². The molecule has 4 aliphatic rings. The van der Waals surface area contributed by atoms with Crippen LogP contribution in [0.1, 0.15) is 53.9 Å². The summed E-state index contributed by atoms with van der Waals surface area (Å²) >= 11 is 1.07. The van der Waals surface area contributed by atoms with Gasteiger partial charge < -0.3 is 20.3 Å². The highest BCUT2D eigenvalue weighted by Crippen LogP contribution is 2.48. The normalized spacial score (nSPS) is 34.8. The van der Waals surface area contributed by atoms with Gasteiger partial charge >= 0.3 is 6.03 Å². The van der Waals surface area contributed by atoms with Crippen molar-refractivity contribution >= 4 is 38.4 Å². The molecule has 10 nitrogen and oxygen atoms in total. The number of ether oxygens (including phenoxy) is 1. The number of anilines is 1. The molecule has 4 saturated heterocycles. The van der Waals surface area contributed by atoms with Crippen molar-refractivity contribution in [1.29, 1.82) is 0 Å². The zero-order valence-electron chi connectivity index (χ0n) is 17.5.